The molecule has 0 saturated heterocycles. The number of amides is 1. The number of anilines is 1. The van der Waals surface area contributed by atoms with Gasteiger partial charge < -0.3 is 5.32 Å². The van der Waals surface area contributed by atoms with E-state index in [1.54, 1.807) is 6.92 Å². The van der Waals surface area contributed by atoms with Crippen molar-refractivity contribution in [3.63, 3.8) is 0 Å². The SMILES string of the molecule is Cc1ccc(-n2nc3c(c2NC(=O)c2ccc(C)c([N+](=O)[O-])c2)CS(=O)(=O)C3)c(C)c1. The molecule has 0 radical (unpaired) electrons. The number of nitro groups is 1. The Morgan fingerprint density at radius 1 is 1.10 bits per heavy atom. The van der Waals surface area contributed by atoms with E-state index >= 15 is 0 Å². The second kappa shape index (κ2) is 7.31. The summed E-state index contributed by atoms with van der Waals surface area (Å²) in [5.41, 5.74) is 3.88. The van der Waals surface area contributed by atoms with Gasteiger partial charge in [0.05, 0.1) is 27.8 Å². The number of nitrogens with one attached hydrogen (secondary N) is 1. The Labute approximate surface area is 178 Å². The van der Waals surface area contributed by atoms with E-state index < -0.39 is 20.7 Å². The molecule has 1 aliphatic heterocycles. The molecule has 1 amide bonds. The van der Waals surface area contributed by atoms with Gasteiger partial charge in [0.25, 0.3) is 11.6 Å². The number of carbonyl (C=O) groups is 1. The summed E-state index contributed by atoms with van der Waals surface area (Å²) in [7, 11) is -3.34. The molecule has 10 heteroatoms. The minimum atomic E-state index is -3.34. The fourth-order valence-electron chi connectivity index (χ4n) is 3.72. The first-order chi connectivity index (χ1) is 14.6. The van der Waals surface area contributed by atoms with E-state index in [1.165, 1.54) is 22.9 Å². The van der Waals surface area contributed by atoms with Crippen molar-refractivity contribution in [3.8, 4) is 5.69 Å². The highest BCUT2D eigenvalue weighted by atomic mass is 32.2. The van der Waals surface area contributed by atoms with Crippen LogP contribution in [0.2, 0.25) is 0 Å². The molecule has 3 aromatic rings. The summed E-state index contributed by atoms with van der Waals surface area (Å²) in [5, 5.41) is 18.4. The number of fused-ring (bicyclic) bond motifs is 1. The molecule has 2 aromatic carbocycles. The van der Waals surface area contributed by atoms with E-state index in [-0.39, 0.29) is 28.6 Å². The second-order valence-corrected chi connectivity index (χ2v) is 9.78. The maximum absolute atomic E-state index is 13.0. The van der Waals surface area contributed by atoms with Gasteiger partial charge in [0.15, 0.2) is 9.84 Å². The number of rotatable bonds is 4. The number of aromatic nitrogens is 2. The van der Waals surface area contributed by atoms with Crippen molar-refractivity contribution < 1.29 is 18.1 Å². The molecule has 0 aliphatic carbocycles. The molecular formula is C21H20N4O5S. The predicted molar refractivity (Wildman–Crippen MR) is 115 cm³/mol. The minimum Gasteiger partial charge on any atom is -0.306 e. The molecular weight excluding hydrogens is 420 g/mol. The van der Waals surface area contributed by atoms with Gasteiger partial charge in [-0.25, -0.2) is 13.1 Å². The highest BCUT2D eigenvalue weighted by molar-refractivity contribution is 7.90. The fraction of sp³-hybridized carbons (Fsp3) is 0.238. The van der Waals surface area contributed by atoms with Crippen molar-refractivity contribution in [2.24, 2.45) is 0 Å². The molecule has 1 aromatic heterocycles. The summed E-state index contributed by atoms with van der Waals surface area (Å²) in [6.07, 6.45) is 0. The Kier molecular flexibility index (Phi) is 4.89. The van der Waals surface area contributed by atoms with E-state index in [9.17, 15) is 23.3 Å². The summed E-state index contributed by atoms with van der Waals surface area (Å²) < 4.78 is 25.8. The number of nitrogens with zero attached hydrogens (tertiary/aromatic N) is 3. The zero-order valence-corrected chi connectivity index (χ0v) is 18.0. The van der Waals surface area contributed by atoms with Crippen LogP contribution < -0.4 is 5.32 Å². The van der Waals surface area contributed by atoms with Crippen LogP contribution in [-0.2, 0) is 21.3 Å². The lowest BCUT2D eigenvalue weighted by molar-refractivity contribution is -0.385. The highest BCUT2D eigenvalue weighted by Gasteiger charge is 2.33. The van der Waals surface area contributed by atoms with E-state index in [0.717, 1.165) is 11.1 Å². The number of hydrogen-bond donors (Lipinski definition) is 1. The van der Waals surface area contributed by atoms with Gasteiger partial charge in [-0.2, -0.15) is 5.10 Å². The molecule has 0 unspecified atom stereocenters. The minimum absolute atomic E-state index is 0.0975. The molecule has 1 aliphatic rings. The molecule has 0 fully saturated rings. The quantitative estimate of drug-likeness (QED) is 0.490. The molecule has 0 bridgehead atoms. The maximum atomic E-state index is 13.0. The summed E-state index contributed by atoms with van der Waals surface area (Å²) in [5.74, 6) is -0.742. The molecule has 9 nitrogen and oxygen atoms in total. The van der Waals surface area contributed by atoms with Crippen LogP contribution in [0.3, 0.4) is 0 Å². The molecule has 0 saturated carbocycles. The monoisotopic (exact) mass is 440 g/mol. The Balaban J connectivity index is 1.80. The van der Waals surface area contributed by atoms with Gasteiger partial charge in [0.2, 0.25) is 0 Å². The lowest BCUT2D eigenvalue weighted by Crippen LogP contribution is -2.17. The Hall–Kier alpha value is -3.53. The molecule has 4 rings (SSSR count). The highest BCUT2D eigenvalue weighted by Crippen LogP contribution is 2.34. The molecule has 1 N–H and O–H groups in total. The molecule has 0 spiro atoms. The van der Waals surface area contributed by atoms with Crippen molar-refractivity contribution in [3.05, 3.63) is 80.0 Å². The fourth-order valence-corrected chi connectivity index (χ4v) is 5.21. The van der Waals surface area contributed by atoms with Crippen LogP contribution in [-0.4, -0.2) is 29.0 Å². The van der Waals surface area contributed by atoms with Gasteiger partial charge in [-0.1, -0.05) is 23.8 Å². The number of carbonyl (C=O) groups excluding carboxylic acids is 1. The van der Waals surface area contributed by atoms with Crippen molar-refractivity contribution in [2.75, 3.05) is 5.32 Å². The zero-order chi connectivity index (χ0) is 22.5. The van der Waals surface area contributed by atoms with Gasteiger partial charge in [0, 0.05) is 22.8 Å². The van der Waals surface area contributed by atoms with Crippen LogP contribution in [0.4, 0.5) is 11.5 Å². The number of sulfone groups is 1. The van der Waals surface area contributed by atoms with Crippen molar-refractivity contribution in [2.45, 2.75) is 32.3 Å². The summed E-state index contributed by atoms with van der Waals surface area (Å²) >= 11 is 0. The van der Waals surface area contributed by atoms with Crippen LogP contribution in [0.1, 0.15) is 38.3 Å². The largest absolute Gasteiger partial charge is 0.306 e. The van der Waals surface area contributed by atoms with Gasteiger partial charge in [-0.15, -0.1) is 0 Å². The third-order valence-corrected chi connectivity index (χ3v) is 6.71. The lowest BCUT2D eigenvalue weighted by Gasteiger charge is -2.13. The van der Waals surface area contributed by atoms with Gasteiger partial charge in [-0.3, -0.25) is 14.9 Å². The molecule has 0 atom stereocenters. The van der Waals surface area contributed by atoms with Crippen LogP contribution in [0.25, 0.3) is 5.69 Å². The van der Waals surface area contributed by atoms with Crippen LogP contribution in [0.5, 0.6) is 0 Å². The summed E-state index contributed by atoms with van der Waals surface area (Å²) in [4.78, 5) is 23.6. The van der Waals surface area contributed by atoms with Gasteiger partial charge >= 0.3 is 0 Å². The first-order valence-corrected chi connectivity index (χ1v) is 11.3. The molecule has 2 heterocycles. The average molecular weight is 440 g/mol. The first-order valence-electron chi connectivity index (χ1n) is 9.51. The first kappa shape index (κ1) is 20.7. The van der Waals surface area contributed by atoms with Crippen molar-refractivity contribution >= 4 is 27.2 Å². The number of benzene rings is 2. The Bertz CT molecular complexity index is 1360. The lowest BCUT2D eigenvalue weighted by atomic mass is 10.1. The molecule has 160 valence electrons. The normalized spacial score (nSPS) is 14.3. The Morgan fingerprint density at radius 2 is 1.84 bits per heavy atom. The maximum Gasteiger partial charge on any atom is 0.273 e. The van der Waals surface area contributed by atoms with Crippen molar-refractivity contribution in [1.29, 1.82) is 0 Å². The smallest absolute Gasteiger partial charge is 0.273 e. The third kappa shape index (κ3) is 3.81. The van der Waals surface area contributed by atoms with Gasteiger partial charge in [-0.05, 0) is 38.5 Å². The second-order valence-electron chi connectivity index (χ2n) is 7.72. The predicted octanol–water partition coefficient (Wildman–Crippen LogP) is 3.39. The van der Waals surface area contributed by atoms with Gasteiger partial charge in [0.1, 0.15) is 5.82 Å². The van der Waals surface area contributed by atoms with Crippen molar-refractivity contribution in [1.82, 2.24) is 9.78 Å². The standard InChI is InChI=1S/C21H20N4O5S/c1-12-4-7-18(14(3)8-12)24-20(16-10-31(29,30)11-17(16)23-24)22-21(26)15-6-5-13(2)19(9-15)25(27)28/h4-9H,10-11H2,1-3H3,(H,22,26). The van der Waals surface area contributed by atoms with Crippen LogP contribution in [0.15, 0.2) is 36.4 Å². The van der Waals surface area contributed by atoms with Crippen LogP contribution in [0, 0.1) is 30.9 Å². The van der Waals surface area contributed by atoms with Crippen LogP contribution >= 0.6 is 0 Å². The zero-order valence-electron chi connectivity index (χ0n) is 17.2. The van der Waals surface area contributed by atoms with E-state index in [2.05, 4.69) is 10.4 Å². The summed E-state index contributed by atoms with van der Waals surface area (Å²) in [6.45, 7) is 5.45. The topological polar surface area (TPSA) is 124 Å². The van der Waals surface area contributed by atoms with E-state index in [1.807, 2.05) is 32.0 Å². The number of nitro benzene ring substituents is 1. The third-order valence-electron chi connectivity index (χ3n) is 5.27. The average Bonchev–Trinajstić information content (AvgIpc) is 3.14. The number of aryl methyl sites for hydroxylation is 3. The van der Waals surface area contributed by atoms with E-state index in [4.69, 9.17) is 0 Å². The Morgan fingerprint density at radius 3 is 2.52 bits per heavy atom. The van der Waals surface area contributed by atoms with E-state index in [0.29, 0.717) is 22.5 Å². The molecule has 31 heavy (non-hydrogen) atoms. The summed E-state index contributed by atoms with van der Waals surface area (Å²) in [6, 6.07) is 9.93. The number of hydrogen-bond acceptors (Lipinski definition) is 6.